The van der Waals surface area contributed by atoms with Crippen LogP contribution in [-0.4, -0.2) is 24.2 Å². The minimum Gasteiger partial charge on any atom is -0.481 e. The largest absolute Gasteiger partial charge is 0.481 e. The van der Waals surface area contributed by atoms with Crippen LogP contribution < -0.4 is 5.32 Å². The van der Waals surface area contributed by atoms with E-state index in [0.717, 1.165) is 38.3 Å². The van der Waals surface area contributed by atoms with Gasteiger partial charge in [0.25, 0.3) is 0 Å². The molecule has 0 atom stereocenters. The van der Waals surface area contributed by atoms with Crippen molar-refractivity contribution in [1.82, 2.24) is 5.32 Å². The molecule has 112 valence electrons. The van der Waals surface area contributed by atoms with Crippen LogP contribution in [0.4, 0.5) is 0 Å². The lowest BCUT2D eigenvalue weighted by Crippen LogP contribution is -2.33. The lowest BCUT2D eigenvalue weighted by molar-refractivity contribution is -0.137. The summed E-state index contributed by atoms with van der Waals surface area (Å²) in [6, 6.07) is 0. The highest BCUT2D eigenvalue weighted by atomic mass is 16.4. The molecule has 0 saturated heterocycles. The van der Waals surface area contributed by atoms with Crippen molar-refractivity contribution < 1.29 is 9.90 Å². The van der Waals surface area contributed by atoms with Gasteiger partial charge in [-0.3, -0.25) is 4.79 Å². The summed E-state index contributed by atoms with van der Waals surface area (Å²) >= 11 is 0. The highest BCUT2D eigenvalue weighted by Gasteiger charge is 2.33. The molecule has 0 heterocycles. The predicted octanol–water partition coefficient (Wildman–Crippen LogP) is 3.83. The van der Waals surface area contributed by atoms with Crippen LogP contribution in [-0.2, 0) is 4.79 Å². The maximum atomic E-state index is 10.4. The van der Waals surface area contributed by atoms with E-state index < -0.39 is 5.97 Å². The van der Waals surface area contributed by atoms with Gasteiger partial charge in [-0.15, -0.1) is 0 Å². The van der Waals surface area contributed by atoms with Crippen LogP contribution >= 0.6 is 0 Å². The first-order chi connectivity index (χ1) is 9.04. The topological polar surface area (TPSA) is 49.3 Å². The van der Waals surface area contributed by atoms with Gasteiger partial charge in [-0.2, -0.15) is 0 Å². The molecule has 2 N–H and O–H groups in total. The maximum absolute atomic E-state index is 10.4. The second kappa shape index (κ2) is 8.57. The lowest BCUT2D eigenvalue weighted by atomic mass is 9.78. The Balaban J connectivity index is 2.10. The van der Waals surface area contributed by atoms with E-state index in [9.17, 15) is 4.79 Å². The number of carbonyl (C=O) groups is 1. The molecule has 1 rings (SSSR count). The fourth-order valence-corrected chi connectivity index (χ4v) is 3.50. The molecule has 3 heteroatoms. The zero-order valence-electron chi connectivity index (χ0n) is 12.7. The first-order valence-electron chi connectivity index (χ1n) is 7.97. The molecule has 0 aromatic heterocycles. The standard InChI is InChI=1S/C16H31NO2/c1-14(2)12-16(9-5-6-10-16)13-17-11-7-3-4-8-15(18)19/h14,17H,3-13H2,1-2H3,(H,18,19). The van der Waals surface area contributed by atoms with E-state index in [-0.39, 0.29) is 0 Å². The molecule has 0 bridgehead atoms. The van der Waals surface area contributed by atoms with Crippen molar-refractivity contribution in [3.8, 4) is 0 Å². The van der Waals surface area contributed by atoms with Crippen LogP contribution in [0.1, 0.15) is 71.6 Å². The van der Waals surface area contributed by atoms with Gasteiger partial charge in [0.15, 0.2) is 0 Å². The van der Waals surface area contributed by atoms with Gasteiger partial charge in [0.2, 0.25) is 0 Å². The number of carboxylic acids is 1. The molecule has 1 fully saturated rings. The molecule has 1 saturated carbocycles. The predicted molar refractivity (Wildman–Crippen MR) is 79.3 cm³/mol. The number of aliphatic carboxylic acids is 1. The Bertz CT molecular complexity index is 257. The quantitative estimate of drug-likeness (QED) is 0.593. The Morgan fingerprint density at radius 3 is 2.47 bits per heavy atom. The monoisotopic (exact) mass is 269 g/mol. The van der Waals surface area contributed by atoms with Gasteiger partial charge in [0, 0.05) is 13.0 Å². The third-order valence-electron chi connectivity index (χ3n) is 4.25. The van der Waals surface area contributed by atoms with Crippen molar-refractivity contribution in [3.05, 3.63) is 0 Å². The maximum Gasteiger partial charge on any atom is 0.303 e. The zero-order valence-corrected chi connectivity index (χ0v) is 12.7. The summed E-state index contributed by atoms with van der Waals surface area (Å²) in [4.78, 5) is 10.4. The molecule has 0 aromatic carbocycles. The van der Waals surface area contributed by atoms with Gasteiger partial charge in [-0.25, -0.2) is 0 Å². The minimum absolute atomic E-state index is 0.317. The van der Waals surface area contributed by atoms with Crippen molar-refractivity contribution in [2.75, 3.05) is 13.1 Å². The molecule has 1 aliphatic carbocycles. The Morgan fingerprint density at radius 1 is 1.21 bits per heavy atom. The molecule has 0 amide bonds. The first kappa shape index (κ1) is 16.5. The number of rotatable bonds is 10. The van der Waals surface area contributed by atoms with Crippen molar-refractivity contribution >= 4 is 5.97 Å². The van der Waals surface area contributed by atoms with Crippen LogP contribution in [0, 0.1) is 11.3 Å². The van der Waals surface area contributed by atoms with Gasteiger partial charge >= 0.3 is 5.97 Å². The fraction of sp³-hybridized carbons (Fsp3) is 0.938. The van der Waals surface area contributed by atoms with E-state index in [1.807, 2.05) is 0 Å². The van der Waals surface area contributed by atoms with Gasteiger partial charge in [-0.1, -0.05) is 33.1 Å². The zero-order chi connectivity index (χ0) is 14.1. The fourth-order valence-electron chi connectivity index (χ4n) is 3.50. The van der Waals surface area contributed by atoms with Crippen molar-refractivity contribution in [1.29, 1.82) is 0 Å². The highest BCUT2D eigenvalue weighted by Crippen LogP contribution is 2.42. The molecular formula is C16H31NO2. The molecule has 3 nitrogen and oxygen atoms in total. The van der Waals surface area contributed by atoms with Crippen molar-refractivity contribution in [2.24, 2.45) is 11.3 Å². The number of carboxylic acid groups (broad SMARTS) is 1. The second-order valence-corrected chi connectivity index (χ2v) is 6.69. The third kappa shape index (κ3) is 6.95. The van der Waals surface area contributed by atoms with Crippen molar-refractivity contribution in [3.63, 3.8) is 0 Å². The number of nitrogens with one attached hydrogen (secondary N) is 1. The summed E-state index contributed by atoms with van der Waals surface area (Å²) in [5.74, 6) is 0.116. The normalized spacial score (nSPS) is 18.1. The summed E-state index contributed by atoms with van der Waals surface area (Å²) in [6.45, 7) is 6.85. The number of hydrogen-bond acceptors (Lipinski definition) is 2. The highest BCUT2D eigenvalue weighted by molar-refractivity contribution is 5.66. The average Bonchev–Trinajstić information content (AvgIpc) is 2.75. The Morgan fingerprint density at radius 2 is 1.89 bits per heavy atom. The SMILES string of the molecule is CC(C)CC1(CNCCCCCC(=O)O)CCCC1. The van der Waals surface area contributed by atoms with Crippen LogP contribution in [0.3, 0.4) is 0 Å². The Hall–Kier alpha value is -0.570. The van der Waals surface area contributed by atoms with Crippen LogP contribution in [0.25, 0.3) is 0 Å². The number of hydrogen-bond donors (Lipinski definition) is 2. The smallest absolute Gasteiger partial charge is 0.303 e. The Kier molecular flexibility index (Phi) is 7.44. The van der Waals surface area contributed by atoms with E-state index in [0.29, 0.717) is 11.8 Å². The summed E-state index contributed by atoms with van der Waals surface area (Å²) < 4.78 is 0. The Labute approximate surface area is 118 Å². The van der Waals surface area contributed by atoms with Gasteiger partial charge < -0.3 is 10.4 Å². The molecule has 0 aromatic rings. The summed E-state index contributed by atoms with van der Waals surface area (Å²) in [5, 5.41) is 12.2. The van der Waals surface area contributed by atoms with Gasteiger partial charge in [0.1, 0.15) is 0 Å². The van der Waals surface area contributed by atoms with E-state index in [4.69, 9.17) is 5.11 Å². The lowest BCUT2D eigenvalue weighted by Gasteiger charge is -2.31. The van der Waals surface area contributed by atoms with E-state index in [1.165, 1.54) is 32.1 Å². The molecular weight excluding hydrogens is 238 g/mol. The van der Waals surface area contributed by atoms with Gasteiger partial charge in [0.05, 0.1) is 0 Å². The molecule has 0 unspecified atom stereocenters. The summed E-state index contributed by atoms with van der Waals surface area (Å²) in [5.41, 5.74) is 0.551. The first-order valence-corrected chi connectivity index (χ1v) is 7.97. The van der Waals surface area contributed by atoms with E-state index in [2.05, 4.69) is 19.2 Å². The van der Waals surface area contributed by atoms with Gasteiger partial charge in [-0.05, 0) is 50.0 Å². The molecule has 0 radical (unpaired) electrons. The van der Waals surface area contributed by atoms with E-state index >= 15 is 0 Å². The molecule has 19 heavy (non-hydrogen) atoms. The minimum atomic E-state index is -0.671. The molecule has 1 aliphatic rings. The molecule has 0 spiro atoms. The second-order valence-electron chi connectivity index (χ2n) is 6.69. The number of unbranched alkanes of at least 4 members (excludes halogenated alkanes) is 2. The van der Waals surface area contributed by atoms with Crippen LogP contribution in [0.5, 0.6) is 0 Å². The third-order valence-corrected chi connectivity index (χ3v) is 4.25. The van der Waals surface area contributed by atoms with Crippen LogP contribution in [0.15, 0.2) is 0 Å². The summed E-state index contributed by atoms with van der Waals surface area (Å²) in [7, 11) is 0. The molecule has 0 aliphatic heterocycles. The van der Waals surface area contributed by atoms with Crippen molar-refractivity contribution in [2.45, 2.75) is 71.6 Å². The summed E-state index contributed by atoms with van der Waals surface area (Å²) in [6.07, 6.45) is 10.2. The average molecular weight is 269 g/mol. The van der Waals surface area contributed by atoms with E-state index in [1.54, 1.807) is 0 Å². The van der Waals surface area contributed by atoms with Crippen LogP contribution in [0.2, 0.25) is 0 Å².